The second-order valence-corrected chi connectivity index (χ2v) is 6.52. The molecule has 1 aliphatic rings. The van der Waals surface area contributed by atoms with Crippen LogP contribution in [0.1, 0.15) is 44.5 Å². The van der Waals surface area contributed by atoms with Gasteiger partial charge in [0.2, 0.25) is 0 Å². The Balaban J connectivity index is 2.16. The molecule has 0 radical (unpaired) electrons. The maximum Gasteiger partial charge on any atom is 0.179 e. The summed E-state index contributed by atoms with van der Waals surface area (Å²) in [7, 11) is 0. The molecule has 1 saturated heterocycles. The predicted octanol–water partition coefficient (Wildman–Crippen LogP) is 3.42. The van der Waals surface area contributed by atoms with Gasteiger partial charge in [-0.25, -0.2) is 14.6 Å². The number of alkyl halides is 1. The van der Waals surface area contributed by atoms with Crippen LogP contribution < -0.4 is 5.01 Å². The van der Waals surface area contributed by atoms with Gasteiger partial charge in [-0.05, 0) is 51.7 Å². The maximum absolute atomic E-state index is 5.99. The highest BCUT2D eigenvalue weighted by atomic mass is 35.5. The lowest BCUT2D eigenvalue weighted by Crippen LogP contribution is -2.51. The van der Waals surface area contributed by atoms with Gasteiger partial charge < -0.3 is 5.01 Å². The van der Waals surface area contributed by atoms with Crippen LogP contribution in [-0.4, -0.2) is 32.6 Å². The van der Waals surface area contributed by atoms with Gasteiger partial charge in [-0.2, -0.15) is 0 Å². The van der Waals surface area contributed by atoms with Crippen molar-refractivity contribution < 1.29 is 0 Å². The van der Waals surface area contributed by atoms with Gasteiger partial charge >= 0.3 is 0 Å². The average molecular weight is 307 g/mol. The normalized spacial score (nSPS) is 23.0. The monoisotopic (exact) mass is 306 g/mol. The van der Waals surface area contributed by atoms with E-state index in [-0.39, 0.29) is 0 Å². The highest BCUT2D eigenvalue weighted by Gasteiger charge is 2.28. The van der Waals surface area contributed by atoms with Crippen LogP contribution in [0, 0.1) is 6.92 Å². The number of fused-ring (bicyclic) bond motifs is 1. The lowest BCUT2D eigenvalue weighted by molar-refractivity contribution is 0.335. The Labute approximate surface area is 131 Å². The number of pyridine rings is 1. The van der Waals surface area contributed by atoms with Crippen molar-refractivity contribution in [1.29, 1.82) is 0 Å². The third kappa shape index (κ3) is 2.61. The van der Waals surface area contributed by atoms with Gasteiger partial charge in [0.1, 0.15) is 11.3 Å². The molecule has 0 N–H and O–H groups in total. The molecule has 3 heterocycles. The Morgan fingerprint density at radius 3 is 2.67 bits per heavy atom. The van der Waals surface area contributed by atoms with Crippen molar-refractivity contribution in [2.45, 2.75) is 58.5 Å². The third-order valence-electron chi connectivity index (χ3n) is 4.37. The predicted molar refractivity (Wildman–Crippen MR) is 87.7 cm³/mol. The molecule has 4 nitrogen and oxygen atoms in total. The van der Waals surface area contributed by atoms with Gasteiger partial charge in [0.05, 0.1) is 0 Å². The number of aryl methyl sites for hydroxylation is 2. The quantitative estimate of drug-likeness (QED) is 0.815. The molecule has 1 aliphatic heterocycles. The maximum atomic E-state index is 5.99. The van der Waals surface area contributed by atoms with Crippen LogP contribution in [-0.2, 0) is 6.42 Å². The lowest BCUT2D eigenvalue weighted by atomic mass is 10.00. The van der Waals surface area contributed by atoms with Gasteiger partial charge in [0, 0.05) is 30.6 Å². The van der Waals surface area contributed by atoms with Crippen molar-refractivity contribution in [2.75, 3.05) is 10.9 Å². The number of piperidine rings is 1. The number of imidazole rings is 1. The number of aromatic nitrogens is 3. The molecular formula is C16H23ClN4. The molecule has 21 heavy (non-hydrogen) atoms. The summed E-state index contributed by atoms with van der Waals surface area (Å²) >= 11 is 5.99. The highest BCUT2D eigenvalue weighted by molar-refractivity contribution is 6.17. The lowest BCUT2D eigenvalue weighted by Gasteiger charge is -2.41. The van der Waals surface area contributed by atoms with E-state index in [1.165, 1.54) is 19.3 Å². The molecule has 1 fully saturated rings. The van der Waals surface area contributed by atoms with E-state index < -0.39 is 0 Å². The zero-order valence-corrected chi connectivity index (χ0v) is 13.8. The Kier molecular flexibility index (Phi) is 4.07. The van der Waals surface area contributed by atoms with Gasteiger partial charge in [-0.15, -0.1) is 11.6 Å². The van der Waals surface area contributed by atoms with Crippen LogP contribution in [0.5, 0.6) is 0 Å². The van der Waals surface area contributed by atoms with Crippen LogP contribution in [0.15, 0.2) is 12.3 Å². The molecule has 2 atom stereocenters. The number of halogens is 1. The number of hydrogen-bond donors (Lipinski definition) is 0. The van der Waals surface area contributed by atoms with E-state index in [0.717, 1.165) is 29.0 Å². The summed E-state index contributed by atoms with van der Waals surface area (Å²) in [5.74, 6) is 1.61. The average Bonchev–Trinajstić information content (AvgIpc) is 2.77. The summed E-state index contributed by atoms with van der Waals surface area (Å²) in [5.41, 5.74) is 3.07. The zero-order valence-electron chi connectivity index (χ0n) is 13.0. The fourth-order valence-corrected chi connectivity index (χ4v) is 3.56. The Morgan fingerprint density at radius 2 is 2.00 bits per heavy atom. The molecule has 0 aromatic carbocycles. The molecule has 3 rings (SSSR count). The van der Waals surface area contributed by atoms with Crippen LogP contribution in [0.3, 0.4) is 0 Å². The van der Waals surface area contributed by atoms with E-state index in [9.17, 15) is 0 Å². The summed E-state index contributed by atoms with van der Waals surface area (Å²) < 4.78 is 2.23. The molecule has 0 saturated carbocycles. The first-order chi connectivity index (χ1) is 10.1. The van der Waals surface area contributed by atoms with Crippen molar-refractivity contribution in [1.82, 2.24) is 14.6 Å². The number of hydrogen-bond acceptors (Lipinski definition) is 3. The Hall–Kier alpha value is -1.29. The first-order valence-electron chi connectivity index (χ1n) is 7.80. The van der Waals surface area contributed by atoms with E-state index in [2.05, 4.69) is 41.5 Å². The molecule has 2 unspecified atom stereocenters. The van der Waals surface area contributed by atoms with E-state index in [1.807, 2.05) is 6.20 Å². The second kappa shape index (κ2) is 5.84. The van der Waals surface area contributed by atoms with Crippen molar-refractivity contribution in [3.8, 4) is 0 Å². The first kappa shape index (κ1) is 14.6. The molecule has 0 spiro atoms. The zero-order chi connectivity index (χ0) is 15.0. The van der Waals surface area contributed by atoms with Gasteiger partial charge in [-0.1, -0.05) is 0 Å². The number of nitrogens with zero attached hydrogens (tertiary/aromatic N) is 4. The van der Waals surface area contributed by atoms with E-state index >= 15 is 0 Å². The summed E-state index contributed by atoms with van der Waals surface area (Å²) in [6.07, 6.45) is 6.42. The minimum absolute atomic E-state index is 0.503. The topological polar surface area (TPSA) is 34.0 Å². The molecule has 0 amide bonds. The van der Waals surface area contributed by atoms with Gasteiger partial charge in [0.25, 0.3) is 0 Å². The Morgan fingerprint density at radius 1 is 1.29 bits per heavy atom. The van der Waals surface area contributed by atoms with Crippen molar-refractivity contribution >= 4 is 22.8 Å². The summed E-state index contributed by atoms with van der Waals surface area (Å²) in [4.78, 5) is 9.43. The molecule has 0 bridgehead atoms. The SMILES string of the molecule is Cc1cnc2c(c1)nc(CCCl)n2N1C(C)CCCC1C. The first-order valence-corrected chi connectivity index (χ1v) is 8.34. The van der Waals surface area contributed by atoms with Crippen molar-refractivity contribution in [3.63, 3.8) is 0 Å². The molecule has 5 heteroatoms. The smallest absolute Gasteiger partial charge is 0.179 e. The minimum Gasteiger partial charge on any atom is -0.304 e. The Bertz CT molecular complexity index is 626. The van der Waals surface area contributed by atoms with Crippen LogP contribution in [0.2, 0.25) is 0 Å². The second-order valence-electron chi connectivity index (χ2n) is 6.14. The molecular weight excluding hydrogens is 284 g/mol. The molecule has 0 aliphatic carbocycles. The summed E-state index contributed by atoms with van der Waals surface area (Å²) in [6, 6.07) is 3.11. The number of rotatable bonds is 3. The fraction of sp³-hybridized carbons (Fsp3) is 0.625. The van der Waals surface area contributed by atoms with Crippen LogP contribution in [0.25, 0.3) is 11.2 Å². The van der Waals surface area contributed by atoms with Gasteiger partial charge in [-0.3, -0.25) is 0 Å². The van der Waals surface area contributed by atoms with Crippen molar-refractivity contribution in [3.05, 3.63) is 23.7 Å². The summed E-state index contributed by atoms with van der Waals surface area (Å²) in [6.45, 7) is 6.64. The van der Waals surface area contributed by atoms with Gasteiger partial charge in [0.15, 0.2) is 5.65 Å². The standard InChI is InChI=1S/C16H23ClN4/c1-11-9-14-16(18-10-11)21(15(19-14)7-8-17)20-12(2)5-4-6-13(20)3/h9-10,12-13H,4-8H2,1-3H3. The summed E-state index contributed by atoms with van der Waals surface area (Å²) in [5, 5.41) is 2.45. The van der Waals surface area contributed by atoms with E-state index in [0.29, 0.717) is 18.0 Å². The highest BCUT2D eigenvalue weighted by Crippen LogP contribution is 2.25. The third-order valence-corrected chi connectivity index (χ3v) is 4.56. The molecule has 2 aromatic rings. The molecule has 114 valence electrons. The fourth-order valence-electron chi connectivity index (χ4n) is 3.39. The van der Waals surface area contributed by atoms with E-state index in [4.69, 9.17) is 16.6 Å². The van der Waals surface area contributed by atoms with Crippen LogP contribution >= 0.6 is 11.6 Å². The largest absolute Gasteiger partial charge is 0.304 e. The minimum atomic E-state index is 0.503. The van der Waals surface area contributed by atoms with Crippen molar-refractivity contribution in [2.24, 2.45) is 0 Å². The van der Waals surface area contributed by atoms with E-state index in [1.54, 1.807) is 0 Å². The molecule has 2 aromatic heterocycles. The van der Waals surface area contributed by atoms with Crippen LogP contribution in [0.4, 0.5) is 0 Å².